The topological polar surface area (TPSA) is 94.0 Å². The van der Waals surface area contributed by atoms with Crippen LogP contribution in [0.25, 0.3) is 5.57 Å². The lowest BCUT2D eigenvalue weighted by Crippen LogP contribution is -2.15. The molecule has 2 aromatic rings. The van der Waals surface area contributed by atoms with Crippen LogP contribution in [0.2, 0.25) is 0 Å². The van der Waals surface area contributed by atoms with Gasteiger partial charge in [-0.15, -0.1) is 0 Å². The Kier molecular flexibility index (Phi) is 4.28. The Balaban J connectivity index is 1.80. The van der Waals surface area contributed by atoms with E-state index >= 15 is 0 Å². The predicted molar refractivity (Wildman–Crippen MR) is 101 cm³/mol. The average Bonchev–Trinajstić information content (AvgIpc) is 3.18. The number of carbonyl (C=O) groups excluding carboxylic acids is 1. The molecule has 2 aromatic carbocycles. The maximum atomic E-state index is 12.6. The average molecular weight is 349 g/mol. The van der Waals surface area contributed by atoms with Crippen molar-refractivity contribution >= 4 is 28.6 Å². The molecule has 132 valence electrons. The van der Waals surface area contributed by atoms with Crippen LogP contribution in [0, 0.1) is 0 Å². The normalized spacial score (nSPS) is 20.5. The van der Waals surface area contributed by atoms with Gasteiger partial charge in [0.15, 0.2) is 0 Å². The van der Waals surface area contributed by atoms with Crippen LogP contribution in [0.1, 0.15) is 17.5 Å². The van der Waals surface area contributed by atoms with E-state index in [1.165, 1.54) is 0 Å². The summed E-state index contributed by atoms with van der Waals surface area (Å²) in [6, 6.07) is 15.3. The van der Waals surface area contributed by atoms with Crippen molar-refractivity contribution in [2.75, 3.05) is 23.8 Å². The van der Waals surface area contributed by atoms with Crippen LogP contribution in [0.15, 0.2) is 59.2 Å². The van der Waals surface area contributed by atoms with Crippen molar-refractivity contribution in [3.05, 3.63) is 65.4 Å². The molecule has 0 aliphatic carbocycles. The first kappa shape index (κ1) is 16.5. The Morgan fingerprint density at radius 2 is 1.62 bits per heavy atom. The predicted octanol–water partition coefficient (Wildman–Crippen LogP) is 2.01. The van der Waals surface area contributed by atoms with Crippen molar-refractivity contribution < 1.29 is 15.0 Å². The van der Waals surface area contributed by atoms with Gasteiger partial charge >= 0.3 is 0 Å². The molecule has 2 aliphatic rings. The first-order chi connectivity index (χ1) is 12.7. The molecule has 0 fully saturated rings. The van der Waals surface area contributed by atoms with E-state index in [1.54, 1.807) is 0 Å². The summed E-state index contributed by atoms with van der Waals surface area (Å²) >= 11 is 0. The van der Waals surface area contributed by atoms with E-state index in [4.69, 9.17) is 5.11 Å². The standard InChI is InChI=1S/C20H19N3O3/c24-11-12(25)9-10-21-18-14-6-2-4-8-16(14)22-19(18)17-13-5-1-3-7-15(13)23-20(17)26/h1-8,12,22,24-25H,9-11H2,(H,23,26)/b19-17-,21-18+. The third-order valence-corrected chi connectivity index (χ3v) is 4.54. The third-order valence-electron chi connectivity index (χ3n) is 4.54. The summed E-state index contributed by atoms with van der Waals surface area (Å²) in [4.78, 5) is 17.2. The second-order valence-electron chi connectivity index (χ2n) is 6.28. The van der Waals surface area contributed by atoms with E-state index in [1.807, 2.05) is 48.5 Å². The maximum absolute atomic E-state index is 12.6. The number of aliphatic imine (C=N–C) groups is 1. The molecule has 6 heteroatoms. The Morgan fingerprint density at radius 3 is 2.35 bits per heavy atom. The largest absolute Gasteiger partial charge is 0.394 e. The van der Waals surface area contributed by atoms with Crippen molar-refractivity contribution in [2.24, 2.45) is 4.99 Å². The number of fused-ring (bicyclic) bond motifs is 2. The third kappa shape index (κ3) is 2.79. The van der Waals surface area contributed by atoms with Gasteiger partial charge in [0.1, 0.15) is 0 Å². The lowest BCUT2D eigenvalue weighted by Gasteiger charge is -2.08. The Labute approximate surface area is 150 Å². The van der Waals surface area contributed by atoms with Crippen molar-refractivity contribution in [3.8, 4) is 0 Å². The van der Waals surface area contributed by atoms with E-state index in [0.717, 1.165) is 22.5 Å². The van der Waals surface area contributed by atoms with Crippen molar-refractivity contribution in [1.29, 1.82) is 0 Å². The molecule has 0 saturated heterocycles. The minimum Gasteiger partial charge on any atom is -0.394 e. The van der Waals surface area contributed by atoms with Crippen LogP contribution < -0.4 is 10.6 Å². The second kappa shape index (κ2) is 6.74. The number of nitrogens with one attached hydrogen (secondary N) is 2. The number of anilines is 2. The van der Waals surface area contributed by atoms with E-state index < -0.39 is 6.10 Å². The van der Waals surface area contributed by atoms with Gasteiger partial charge in [0.05, 0.1) is 29.7 Å². The Morgan fingerprint density at radius 1 is 0.962 bits per heavy atom. The zero-order valence-electron chi connectivity index (χ0n) is 14.1. The highest BCUT2D eigenvalue weighted by Crippen LogP contribution is 2.38. The first-order valence-electron chi connectivity index (χ1n) is 8.54. The van der Waals surface area contributed by atoms with Gasteiger partial charge in [0.25, 0.3) is 5.91 Å². The highest BCUT2D eigenvalue weighted by Gasteiger charge is 2.33. The summed E-state index contributed by atoms with van der Waals surface area (Å²) in [6.07, 6.45) is -0.441. The van der Waals surface area contributed by atoms with Crippen LogP contribution >= 0.6 is 0 Å². The second-order valence-corrected chi connectivity index (χ2v) is 6.28. The highest BCUT2D eigenvalue weighted by atomic mass is 16.3. The molecule has 6 nitrogen and oxygen atoms in total. The fourth-order valence-corrected chi connectivity index (χ4v) is 3.25. The molecule has 0 radical (unpaired) electrons. The molecular formula is C20H19N3O3. The number of benzene rings is 2. The molecule has 0 spiro atoms. The van der Waals surface area contributed by atoms with Gasteiger partial charge in [-0.25, -0.2) is 0 Å². The summed E-state index contributed by atoms with van der Waals surface area (Å²) < 4.78 is 0. The molecule has 1 atom stereocenters. The SMILES string of the molecule is O=C1Nc2ccccc2/C1=C1/Nc2ccccc2/C1=N\CCC(O)CO. The van der Waals surface area contributed by atoms with Gasteiger partial charge in [-0.2, -0.15) is 0 Å². The van der Waals surface area contributed by atoms with E-state index in [-0.39, 0.29) is 12.5 Å². The molecule has 4 rings (SSSR count). The molecule has 4 N–H and O–H groups in total. The molecule has 0 bridgehead atoms. The fraction of sp³-hybridized carbons (Fsp3) is 0.200. The van der Waals surface area contributed by atoms with E-state index in [0.29, 0.717) is 29.9 Å². The molecule has 2 aliphatic heterocycles. The van der Waals surface area contributed by atoms with Gasteiger partial charge < -0.3 is 20.8 Å². The number of aliphatic hydroxyl groups excluding tert-OH is 2. The molecule has 0 saturated carbocycles. The maximum Gasteiger partial charge on any atom is 0.258 e. The summed E-state index contributed by atoms with van der Waals surface area (Å²) in [5.41, 5.74) is 5.39. The summed E-state index contributed by atoms with van der Waals surface area (Å²) in [5.74, 6) is -0.162. The van der Waals surface area contributed by atoms with Crippen molar-refractivity contribution in [1.82, 2.24) is 0 Å². The first-order valence-corrected chi connectivity index (χ1v) is 8.54. The van der Waals surface area contributed by atoms with Crippen molar-refractivity contribution in [2.45, 2.75) is 12.5 Å². The van der Waals surface area contributed by atoms with Crippen molar-refractivity contribution in [3.63, 3.8) is 0 Å². The fourth-order valence-electron chi connectivity index (χ4n) is 3.25. The van der Waals surface area contributed by atoms with Crippen LogP contribution in [0.4, 0.5) is 11.4 Å². The van der Waals surface area contributed by atoms with Gasteiger partial charge in [0, 0.05) is 29.0 Å². The number of hydrogen-bond acceptors (Lipinski definition) is 5. The number of para-hydroxylation sites is 2. The highest BCUT2D eigenvalue weighted by molar-refractivity contribution is 6.39. The Hall–Kier alpha value is -2.96. The number of aliphatic hydroxyl groups is 2. The monoisotopic (exact) mass is 349 g/mol. The quantitative estimate of drug-likeness (QED) is 0.635. The molecular weight excluding hydrogens is 330 g/mol. The zero-order chi connectivity index (χ0) is 18.1. The van der Waals surface area contributed by atoms with Crippen LogP contribution in [-0.2, 0) is 4.79 Å². The van der Waals surface area contributed by atoms with E-state index in [2.05, 4.69) is 15.6 Å². The van der Waals surface area contributed by atoms with Gasteiger partial charge in [-0.05, 0) is 18.6 Å². The Bertz CT molecular complexity index is 933. The minimum atomic E-state index is -0.796. The zero-order valence-corrected chi connectivity index (χ0v) is 14.1. The summed E-state index contributed by atoms with van der Waals surface area (Å²) in [7, 11) is 0. The van der Waals surface area contributed by atoms with Gasteiger partial charge in [-0.1, -0.05) is 36.4 Å². The van der Waals surface area contributed by atoms with Gasteiger partial charge in [0.2, 0.25) is 0 Å². The molecule has 2 heterocycles. The van der Waals surface area contributed by atoms with E-state index in [9.17, 15) is 9.90 Å². The minimum absolute atomic E-state index is 0.162. The van der Waals surface area contributed by atoms with Crippen LogP contribution in [0.3, 0.4) is 0 Å². The smallest absolute Gasteiger partial charge is 0.258 e. The number of nitrogens with zero attached hydrogens (tertiary/aromatic N) is 1. The lowest BCUT2D eigenvalue weighted by atomic mass is 10.0. The lowest BCUT2D eigenvalue weighted by molar-refractivity contribution is -0.110. The molecule has 0 aromatic heterocycles. The number of allylic oxidation sites excluding steroid dienone is 1. The summed E-state index contributed by atoms with van der Waals surface area (Å²) in [6.45, 7) is 0.0660. The van der Waals surface area contributed by atoms with Crippen LogP contribution in [-0.4, -0.2) is 41.1 Å². The molecule has 1 unspecified atom stereocenters. The number of hydrogen-bond donors (Lipinski definition) is 4. The number of carbonyl (C=O) groups is 1. The summed E-state index contributed by atoms with van der Waals surface area (Å²) in [5, 5.41) is 24.8. The van der Waals surface area contributed by atoms with Gasteiger partial charge in [-0.3, -0.25) is 9.79 Å². The number of rotatable bonds is 4. The number of amides is 1. The van der Waals surface area contributed by atoms with Crippen LogP contribution in [0.5, 0.6) is 0 Å². The molecule has 1 amide bonds. The molecule has 26 heavy (non-hydrogen) atoms.